The maximum Gasteiger partial charge on any atom is 0.269 e. The van der Waals surface area contributed by atoms with E-state index in [2.05, 4.69) is 15.6 Å². The van der Waals surface area contributed by atoms with E-state index >= 15 is 0 Å². The summed E-state index contributed by atoms with van der Waals surface area (Å²) in [6, 6.07) is 2.97. The van der Waals surface area contributed by atoms with Crippen molar-refractivity contribution in [1.82, 2.24) is 15.6 Å². The molecule has 1 saturated heterocycles. The van der Waals surface area contributed by atoms with Gasteiger partial charge in [-0.25, -0.2) is 9.37 Å². The lowest BCUT2D eigenvalue weighted by Gasteiger charge is -2.23. The minimum atomic E-state index is -0.435. The topological polar surface area (TPSA) is 54.0 Å². The average Bonchev–Trinajstić information content (AvgIpc) is 2.38. The molecule has 0 saturated carbocycles. The standard InChI is InChI=1S/C12H16FN3O/c13-9-4-5-11(15-7-9)12(17)16-8-10-3-1-2-6-14-10/h4-5,7,10,14H,1-3,6,8H2,(H,16,17). The third-order valence-corrected chi connectivity index (χ3v) is 2.88. The van der Waals surface area contributed by atoms with Crippen LogP contribution in [0.25, 0.3) is 0 Å². The Labute approximate surface area is 99.6 Å². The van der Waals surface area contributed by atoms with E-state index in [-0.39, 0.29) is 11.6 Å². The van der Waals surface area contributed by atoms with E-state index in [1.807, 2.05) is 0 Å². The molecule has 1 aliphatic rings. The highest BCUT2D eigenvalue weighted by Gasteiger charge is 2.14. The number of carbonyl (C=O) groups excluding carboxylic acids is 1. The number of pyridine rings is 1. The quantitative estimate of drug-likeness (QED) is 0.827. The first kappa shape index (κ1) is 12.0. The van der Waals surface area contributed by atoms with Gasteiger partial charge >= 0.3 is 0 Å². The number of hydrogen-bond donors (Lipinski definition) is 2. The Bertz CT molecular complexity index is 374. The van der Waals surface area contributed by atoms with Crippen LogP contribution in [0.4, 0.5) is 4.39 Å². The normalized spacial score (nSPS) is 19.9. The van der Waals surface area contributed by atoms with Gasteiger partial charge in [-0.1, -0.05) is 6.42 Å². The Balaban J connectivity index is 1.82. The molecule has 0 radical (unpaired) electrons. The molecule has 5 heteroatoms. The minimum absolute atomic E-state index is 0.252. The first-order valence-electron chi connectivity index (χ1n) is 5.89. The zero-order valence-corrected chi connectivity index (χ0v) is 9.58. The summed E-state index contributed by atoms with van der Waals surface area (Å²) in [5, 5.41) is 6.14. The van der Waals surface area contributed by atoms with Crippen molar-refractivity contribution in [2.75, 3.05) is 13.1 Å². The van der Waals surface area contributed by atoms with Gasteiger partial charge in [-0.2, -0.15) is 0 Å². The predicted octanol–water partition coefficient (Wildman–Crippen LogP) is 1.09. The van der Waals surface area contributed by atoms with Crippen LogP contribution in [-0.2, 0) is 0 Å². The Morgan fingerprint density at radius 1 is 1.53 bits per heavy atom. The lowest BCUT2D eigenvalue weighted by molar-refractivity contribution is 0.0942. The Hall–Kier alpha value is -1.49. The summed E-state index contributed by atoms with van der Waals surface area (Å²) in [7, 11) is 0. The van der Waals surface area contributed by atoms with Crippen molar-refractivity contribution >= 4 is 5.91 Å². The molecule has 2 heterocycles. The highest BCUT2D eigenvalue weighted by molar-refractivity contribution is 5.92. The number of piperidine rings is 1. The van der Waals surface area contributed by atoms with Crippen LogP contribution in [0.2, 0.25) is 0 Å². The molecular weight excluding hydrogens is 221 g/mol. The van der Waals surface area contributed by atoms with Crippen molar-refractivity contribution in [2.24, 2.45) is 0 Å². The molecule has 1 fully saturated rings. The summed E-state index contributed by atoms with van der Waals surface area (Å²) < 4.78 is 12.6. The molecule has 0 spiro atoms. The summed E-state index contributed by atoms with van der Waals surface area (Å²) in [6.45, 7) is 1.60. The van der Waals surface area contributed by atoms with E-state index < -0.39 is 5.82 Å². The molecule has 17 heavy (non-hydrogen) atoms. The molecule has 4 nitrogen and oxygen atoms in total. The highest BCUT2D eigenvalue weighted by Crippen LogP contribution is 2.06. The number of halogens is 1. The average molecular weight is 237 g/mol. The number of nitrogens with one attached hydrogen (secondary N) is 2. The molecule has 0 aliphatic carbocycles. The molecule has 1 atom stereocenters. The summed E-state index contributed by atoms with van der Waals surface area (Å²) >= 11 is 0. The highest BCUT2D eigenvalue weighted by atomic mass is 19.1. The van der Waals surface area contributed by atoms with Crippen LogP contribution in [0, 0.1) is 5.82 Å². The van der Waals surface area contributed by atoms with E-state index in [0.29, 0.717) is 12.6 Å². The third kappa shape index (κ3) is 3.49. The van der Waals surface area contributed by atoms with Gasteiger partial charge in [0, 0.05) is 12.6 Å². The largest absolute Gasteiger partial charge is 0.349 e. The van der Waals surface area contributed by atoms with Crippen LogP contribution < -0.4 is 10.6 Å². The van der Waals surface area contributed by atoms with Gasteiger partial charge in [0.2, 0.25) is 0 Å². The second kappa shape index (κ2) is 5.72. The smallest absolute Gasteiger partial charge is 0.269 e. The number of amides is 1. The molecule has 92 valence electrons. The molecule has 1 aromatic rings. The SMILES string of the molecule is O=C(NCC1CCCCN1)c1ccc(F)cn1. The molecule has 1 aromatic heterocycles. The van der Waals surface area contributed by atoms with Crippen molar-refractivity contribution in [2.45, 2.75) is 25.3 Å². The van der Waals surface area contributed by atoms with Gasteiger partial charge in [-0.15, -0.1) is 0 Å². The molecule has 0 aromatic carbocycles. The number of aromatic nitrogens is 1. The van der Waals surface area contributed by atoms with E-state index in [1.54, 1.807) is 0 Å². The zero-order valence-electron chi connectivity index (χ0n) is 9.58. The summed E-state index contributed by atoms with van der Waals surface area (Å²) in [4.78, 5) is 15.4. The molecular formula is C12H16FN3O. The van der Waals surface area contributed by atoms with Gasteiger partial charge in [0.1, 0.15) is 11.5 Å². The Morgan fingerprint density at radius 2 is 2.41 bits per heavy atom. The molecule has 1 amide bonds. The van der Waals surface area contributed by atoms with Crippen LogP contribution in [0.1, 0.15) is 29.8 Å². The minimum Gasteiger partial charge on any atom is -0.349 e. The van der Waals surface area contributed by atoms with Crippen LogP contribution in [-0.4, -0.2) is 30.0 Å². The van der Waals surface area contributed by atoms with Crippen molar-refractivity contribution in [3.05, 3.63) is 29.8 Å². The molecule has 1 unspecified atom stereocenters. The van der Waals surface area contributed by atoms with Crippen LogP contribution in [0.15, 0.2) is 18.3 Å². The summed E-state index contributed by atoms with van der Waals surface area (Å²) in [5.74, 6) is -0.687. The lowest BCUT2D eigenvalue weighted by Crippen LogP contribution is -2.43. The monoisotopic (exact) mass is 237 g/mol. The van der Waals surface area contributed by atoms with Gasteiger partial charge < -0.3 is 10.6 Å². The van der Waals surface area contributed by atoms with Crippen LogP contribution in [0.3, 0.4) is 0 Å². The fourth-order valence-corrected chi connectivity index (χ4v) is 1.91. The van der Waals surface area contributed by atoms with Crippen molar-refractivity contribution in [3.8, 4) is 0 Å². The second-order valence-corrected chi connectivity index (χ2v) is 4.22. The van der Waals surface area contributed by atoms with E-state index in [9.17, 15) is 9.18 Å². The second-order valence-electron chi connectivity index (χ2n) is 4.22. The zero-order chi connectivity index (χ0) is 12.1. The first-order chi connectivity index (χ1) is 8.25. The van der Waals surface area contributed by atoms with Crippen molar-refractivity contribution in [3.63, 3.8) is 0 Å². The Kier molecular flexibility index (Phi) is 4.03. The maximum atomic E-state index is 12.6. The predicted molar refractivity (Wildman–Crippen MR) is 62.2 cm³/mol. The number of nitrogens with zero attached hydrogens (tertiary/aromatic N) is 1. The fraction of sp³-hybridized carbons (Fsp3) is 0.500. The number of rotatable bonds is 3. The van der Waals surface area contributed by atoms with Crippen molar-refractivity contribution in [1.29, 1.82) is 0 Å². The molecule has 0 bridgehead atoms. The number of hydrogen-bond acceptors (Lipinski definition) is 3. The van der Waals surface area contributed by atoms with E-state index in [4.69, 9.17) is 0 Å². The molecule has 1 aliphatic heterocycles. The third-order valence-electron chi connectivity index (χ3n) is 2.88. The summed E-state index contributed by atoms with van der Waals surface area (Å²) in [5.41, 5.74) is 0.252. The van der Waals surface area contributed by atoms with Crippen molar-refractivity contribution < 1.29 is 9.18 Å². The van der Waals surface area contributed by atoms with E-state index in [1.165, 1.54) is 25.0 Å². The Morgan fingerprint density at radius 3 is 3.06 bits per heavy atom. The van der Waals surface area contributed by atoms with Gasteiger partial charge in [0.25, 0.3) is 5.91 Å². The summed E-state index contributed by atoms with van der Waals surface area (Å²) in [6.07, 6.45) is 4.52. The van der Waals surface area contributed by atoms with Gasteiger partial charge in [-0.05, 0) is 31.5 Å². The van der Waals surface area contributed by atoms with Crippen LogP contribution in [0.5, 0.6) is 0 Å². The first-order valence-corrected chi connectivity index (χ1v) is 5.89. The fourth-order valence-electron chi connectivity index (χ4n) is 1.91. The van der Waals surface area contributed by atoms with Gasteiger partial charge in [-0.3, -0.25) is 4.79 Å². The molecule has 2 N–H and O–H groups in total. The lowest BCUT2D eigenvalue weighted by atomic mass is 10.1. The van der Waals surface area contributed by atoms with Crippen LogP contribution >= 0.6 is 0 Å². The van der Waals surface area contributed by atoms with Gasteiger partial charge in [0.15, 0.2) is 0 Å². The van der Waals surface area contributed by atoms with E-state index in [0.717, 1.165) is 19.2 Å². The maximum absolute atomic E-state index is 12.6. The van der Waals surface area contributed by atoms with Gasteiger partial charge in [0.05, 0.1) is 6.20 Å². The number of carbonyl (C=O) groups is 1. The molecule has 2 rings (SSSR count).